The van der Waals surface area contributed by atoms with Crippen LogP contribution in [0.5, 0.6) is 0 Å². The lowest BCUT2D eigenvalue weighted by molar-refractivity contribution is -0.132. The molecule has 26 heavy (non-hydrogen) atoms. The largest absolute Gasteiger partial charge is 0.396 e. The molecule has 144 valence electrons. The highest BCUT2D eigenvalue weighted by Crippen LogP contribution is 2.35. The van der Waals surface area contributed by atoms with Gasteiger partial charge in [0, 0.05) is 17.7 Å². The Kier molecular flexibility index (Phi) is 6.75. The van der Waals surface area contributed by atoms with Crippen molar-refractivity contribution in [3.05, 3.63) is 35.4 Å². The molecule has 0 aromatic heterocycles. The summed E-state index contributed by atoms with van der Waals surface area (Å²) in [5.74, 6) is -0.327. The minimum Gasteiger partial charge on any atom is -0.396 e. The Morgan fingerprint density at radius 1 is 1.19 bits per heavy atom. The number of nitrogens with one attached hydrogen (secondary N) is 2. The van der Waals surface area contributed by atoms with Crippen LogP contribution < -0.4 is 16.5 Å². The maximum absolute atomic E-state index is 12.4. The Labute approximate surface area is 153 Å². The van der Waals surface area contributed by atoms with Crippen molar-refractivity contribution in [3.63, 3.8) is 0 Å². The highest BCUT2D eigenvalue weighted by atomic mass is 16.5. The summed E-state index contributed by atoms with van der Waals surface area (Å²) in [4.78, 5) is 24.2. The smallest absolute Gasteiger partial charge is 0.267 e. The molecular weight excluding hydrogens is 334 g/mol. The molecule has 1 atom stereocenters. The van der Waals surface area contributed by atoms with Gasteiger partial charge in [0.15, 0.2) is 0 Å². The predicted octanol–water partition coefficient (Wildman–Crippen LogP) is 1.29. The maximum atomic E-state index is 12.4. The molecule has 0 radical (unpaired) electrons. The van der Waals surface area contributed by atoms with Gasteiger partial charge in [0.2, 0.25) is 0 Å². The van der Waals surface area contributed by atoms with Gasteiger partial charge in [-0.15, -0.1) is 0 Å². The van der Waals surface area contributed by atoms with E-state index in [1.165, 1.54) is 11.0 Å². The molecular formula is C19H29N3O4. The summed E-state index contributed by atoms with van der Waals surface area (Å²) in [6.45, 7) is 3.45. The number of aliphatic hydroxyl groups is 1. The van der Waals surface area contributed by atoms with Crippen LogP contribution >= 0.6 is 0 Å². The number of carbonyl (C=O) groups excluding carboxylic acids is 2. The number of rotatable bonds is 6. The highest BCUT2D eigenvalue weighted by molar-refractivity contribution is 5.97. The zero-order valence-corrected chi connectivity index (χ0v) is 15.4. The maximum Gasteiger partial charge on any atom is 0.267 e. The van der Waals surface area contributed by atoms with Gasteiger partial charge in [-0.05, 0) is 69.1 Å². The second kappa shape index (κ2) is 8.62. The first-order chi connectivity index (χ1) is 12.3. The first-order valence-electron chi connectivity index (χ1n) is 9.00. The third-order valence-corrected chi connectivity index (χ3v) is 5.14. The van der Waals surface area contributed by atoms with E-state index in [4.69, 9.17) is 10.9 Å². The Morgan fingerprint density at radius 2 is 1.77 bits per heavy atom. The van der Waals surface area contributed by atoms with E-state index >= 15 is 0 Å². The van der Waals surface area contributed by atoms with E-state index in [-0.39, 0.29) is 6.61 Å². The molecule has 0 heterocycles. The van der Waals surface area contributed by atoms with E-state index in [0.717, 1.165) is 25.7 Å². The average molecular weight is 363 g/mol. The lowest BCUT2D eigenvalue weighted by atomic mass is 9.79. The van der Waals surface area contributed by atoms with Crippen LogP contribution in [0.3, 0.4) is 0 Å². The Bertz CT molecular complexity index is 617. The van der Waals surface area contributed by atoms with Crippen LogP contribution in [-0.4, -0.2) is 40.3 Å². The fraction of sp³-hybridized carbons (Fsp3) is 0.579. The van der Waals surface area contributed by atoms with Crippen molar-refractivity contribution in [2.24, 2.45) is 11.7 Å². The van der Waals surface area contributed by atoms with Crippen LogP contribution in [0.15, 0.2) is 24.3 Å². The topological polar surface area (TPSA) is 125 Å². The molecule has 2 amide bonds. The lowest BCUT2D eigenvalue weighted by Gasteiger charge is -2.29. The molecule has 2 rings (SSSR count). The van der Waals surface area contributed by atoms with Gasteiger partial charge in [-0.3, -0.25) is 14.8 Å². The van der Waals surface area contributed by atoms with Crippen molar-refractivity contribution >= 4 is 11.8 Å². The Hall–Kier alpha value is -1.96. The number of carbonyl (C=O) groups is 2. The minimum absolute atomic E-state index is 0.256. The lowest BCUT2D eigenvalue weighted by Crippen LogP contribution is -2.61. The van der Waals surface area contributed by atoms with Crippen molar-refractivity contribution in [2.45, 2.75) is 57.0 Å². The van der Waals surface area contributed by atoms with Crippen LogP contribution in [-0.2, 0) is 4.79 Å². The molecule has 1 aromatic rings. The number of benzene rings is 1. The van der Waals surface area contributed by atoms with E-state index in [0.29, 0.717) is 17.4 Å². The van der Waals surface area contributed by atoms with E-state index in [1.54, 1.807) is 26.0 Å². The summed E-state index contributed by atoms with van der Waals surface area (Å²) < 4.78 is 0. The summed E-state index contributed by atoms with van der Waals surface area (Å²) in [5.41, 5.74) is 8.04. The zero-order valence-electron chi connectivity index (χ0n) is 15.4. The summed E-state index contributed by atoms with van der Waals surface area (Å²) in [7, 11) is 0. The number of hydrogen-bond donors (Lipinski definition) is 5. The first-order valence-corrected chi connectivity index (χ1v) is 9.00. The first kappa shape index (κ1) is 20.4. The molecule has 7 heteroatoms. The van der Waals surface area contributed by atoms with E-state index in [9.17, 15) is 14.7 Å². The van der Waals surface area contributed by atoms with Gasteiger partial charge in [0.1, 0.15) is 6.04 Å². The normalized spacial score (nSPS) is 21.7. The molecule has 7 nitrogen and oxygen atoms in total. The van der Waals surface area contributed by atoms with E-state index < -0.39 is 23.4 Å². The molecule has 0 saturated heterocycles. The molecule has 1 aromatic carbocycles. The molecule has 0 aliphatic heterocycles. The summed E-state index contributed by atoms with van der Waals surface area (Å²) >= 11 is 0. The van der Waals surface area contributed by atoms with E-state index in [2.05, 4.69) is 5.32 Å². The standard InChI is InChI=1S/C19H29N3O4/c1-19(2,20)16(18(25)22-26)21-17(24)15-9-7-14(8-10-15)13-5-3-12(11-23)4-6-13/h7-10,12-13,16,23,26H,3-6,11,20H2,1-2H3,(H,21,24)(H,22,25)/t12?,13?,16-/m1/s1. The van der Waals surface area contributed by atoms with E-state index in [1.807, 2.05) is 12.1 Å². The van der Waals surface area contributed by atoms with Gasteiger partial charge in [0.05, 0.1) is 0 Å². The van der Waals surface area contributed by atoms with Crippen LogP contribution in [0.4, 0.5) is 0 Å². The van der Waals surface area contributed by atoms with Gasteiger partial charge in [-0.25, -0.2) is 5.48 Å². The molecule has 0 unspecified atom stereocenters. The van der Waals surface area contributed by atoms with Crippen molar-refractivity contribution in [2.75, 3.05) is 6.61 Å². The van der Waals surface area contributed by atoms with Crippen LogP contribution in [0.2, 0.25) is 0 Å². The number of nitrogens with two attached hydrogens (primary N) is 1. The van der Waals surface area contributed by atoms with Crippen LogP contribution in [0, 0.1) is 5.92 Å². The zero-order chi connectivity index (χ0) is 19.3. The van der Waals surface area contributed by atoms with Gasteiger partial charge in [0.25, 0.3) is 11.8 Å². The number of amides is 2. The SMILES string of the molecule is CC(C)(N)[C@H](NC(=O)c1ccc(C2CCC(CO)CC2)cc1)C(=O)NO. The fourth-order valence-corrected chi connectivity index (χ4v) is 3.45. The summed E-state index contributed by atoms with van der Waals surface area (Å²) in [6.07, 6.45) is 4.12. The second-order valence-electron chi connectivity index (χ2n) is 7.73. The summed E-state index contributed by atoms with van der Waals surface area (Å²) in [5, 5.41) is 20.7. The van der Waals surface area contributed by atoms with Gasteiger partial charge < -0.3 is 16.2 Å². The average Bonchev–Trinajstić information content (AvgIpc) is 2.64. The molecule has 1 aliphatic carbocycles. The fourth-order valence-electron chi connectivity index (χ4n) is 3.45. The van der Waals surface area contributed by atoms with Gasteiger partial charge in [-0.2, -0.15) is 0 Å². The highest BCUT2D eigenvalue weighted by Gasteiger charge is 2.33. The van der Waals surface area contributed by atoms with Crippen LogP contribution in [0.1, 0.15) is 61.4 Å². The molecule has 1 fully saturated rings. The third-order valence-electron chi connectivity index (χ3n) is 5.14. The van der Waals surface area contributed by atoms with Crippen molar-refractivity contribution in [3.8, 4) is 0 Å². The molecule has 0 bridgehead atoms. The van der Waals surface area contributed by atoms with Crippen LogP contribution in [0.25, 0.3) is 0 Å². The molecule has 6 N–H and O–H groups in total. The predicted molar refractivity (Wildman–Crippen MR) is 97.7 cm³/mol. The Balaban J connectivity index is 2.03. The van der Waals surface area contributed by atoms with Crippen molar-refractivity contribution < 1.29 is 19.9 Å². The second-order valence-corrected chi connectivity index (χ2v) is 7.73. The number of hydrogen-bond acceptors (Lipinski definition) is 5. The minimum atomic E-state index is -1.06. The third kappa shape index (κ3) is 5.03. The van der Waals surface area contributed by atoms with Crippen molar-refractivity contribution in [1.82, 2.24) is 10.8 Å². The van der Waals surface area contributed by atoms with Gasteiger partial charge >= 0.3 is 0 Å². The molecule has 0 spiro atoms. The molecule has 1 saturated carbocycles. The number of aliphatic hydroxyl groups excluding tert-OH is 1. The summed E-state index contributed by atoms with van der Waals surface area (Å²) in [6, 6.07) is 6.29. The van der Waals surface area contributed by atoms with Crippen molar-refractivity contribution in [1.29, 1.82) is 0 Å². The number of hydroxylamine groups is 1. The quantitative estimate of drug-likeness (QED) is 0.385. The Morgan fingerprint density at radius 3 is 2.23 bits per heavy atom. The molecule has 1 aliphatic rings. The van der Waals surface area contributed by atoms with Gasteiger partial charge in [-0.1, -0.05) is 12.1 Å². The monoisotopic (exact) mass is 363 g/mol.